The number of nitrogens with zero attached hydrogens (tertiary/aromatic N) is 3. The molecule has 0 fully saturated rings. The first-order chi connectivity index (χ1) is 13.5. The topological polar surface area (TPSA) is 92.3 Å². The molecule has 0 atom stereocenters. The van der Waals surface area contributed by atoms with Crippen LogP contribution in [0.1, 0.15) is 36.1 Å². The molecular weight excluding hydrogens is 383 g/mol. The summed E-state index contributed by atoms with van der Waals surface area (Å²) in [6.45, 7) is 0.174. The number of aromatic nitrogens is 2. The first kappa shape index (κ1) is 17.9. The zero-order valence-electron chi connectivity index (χ0n) is 14.4. The Bertz CT molecular complexity index is 1050. The largest absolute Gasteiger partial charge is 0.296 e. The molecule has 2 aromatic carbocycles. The molecule has 0 saturated heterocycles. The maximum Gasteiger partial charge on any atom is 0.261 e. The lowest BCUT2D eigenvalue weighted by Gasteiger charge is -2.12. The second-order valence-corrected chi connectivity index (χ2v) is 7.08. The molecule has 3 aromatic rings. The van der Waals surface area contributed by atoms with Crippen molar-refractivity contribution in [1.29, 1.82) is 0 Å². The van der Waals surface area contributed by atoms with Crippen LogP contribution in [0.4, 0.5) is 9.52 Å². The number of amides is 3. The molecule has 2 heterocycles. The lowest BCUT2D eigenvalue weighted by Crippen LogP contribution is -2.31. The molecule has 0 radical (unpaired) electrons. The maximum absolute atomic E-state index is 12.9. The van der Waals surface area contributed by atoms with Gasteiger partial charge in [0.15, 0.2) is 0 Å². The molecule has 4 rings (SSSR count). The lowest BCUT2D eigenvalue weighted by atomic mass is 10.1. The monoisotopic (exact) mass is 396 g/mol. The number of anilines is 1. The summed E-state index contributed by atoms with van der Waals surface area (Å²) in [5.74, 6) is -1.50. The van der Waals surface area contributed by atoms with Crippen LogP contribution >= 0.6 is 11.3 Å². The van der Waals surface area contributed by atoms with E-state index in [-0.39, 0.29) is 23.5 Å². The summed E-state index contributed by atoms with van der Waals surface area (Å²) in [7, 11) is 0. The summed E-state index contributed by atoms with van der Waals surface area (Å²) in [6, 6.07) is 11.8. The van der Waals surface area contributed by atoms with Gasteiger partial charge in [0.2, 0.25) is 5.13 Å². The fourth-order valence-corrected chi connectivity index (χ4v) is 3.55. The molecule has 7 nitrogen and oxygen atoms in total. The van der Waals surface area contributed by atoms with Crippen molar-refractivity contribution >= 4 is 34.2 Å². The van der Waals surface area contributed by atoms with Crippen molar-refractivity contribution in [2.24, 2.45) is 0 Å². The van der Waals surface area contributed by atoms with Crippen LogP contribution < -0.4 is 5.32 Å². The van der Waals surface area contributed by atoms with E-state index >= 15 is 0 Å². The Morgan fingerprint density at radius 2 is 1.64 bits per heavy atom. The van der Waals surface area contributed by atoms with Crippen LogP contribution in [-0.4, -0.2) is 39.4 Å². The van der Waals surface area contributed by atoms with E-state index in [1.807, 2.05) is 0 Å². The Balaban J connectivity index is 1.38. The Morgan fingerprint density at radius 3 is 2.29 bits per heavy atom. The number of carbonyl (C=O) groups is 3. The molecule has 0 spiro atoms. The van der Waals surface area contributed by atoms with Gasteiger partial charge >= 0.3 is 0 Å². The number of halogens is 1. The average molecular weight is 396 g/mol. The third-order valence-electron chi connectivity index (χ3n) is 4.22. The average Bonchev–Trinajstić information content (AvgIpc) is 3.24. The summed E-state index contributed by atoms with van der Waals surface area (Å²) in [4.78, 5) is 38.0. The van der Waals surface area contributed by atoms with Crippen LogP contribution in [0.5, 0.6) is 0 Å². The summed E-state index contributed by atoms with van der Waals surface area (Å²) < 4.78 is 12.9. The molecule has 1 aliphatic heterocycles. The van der Waals surface area contributed by atoms with Gasteiger partial charge in [-0.15, -0.1) is 10.2 Å². The van der Waals surface area contributed by atoms with Crippen LogP contribution in [0.15, 0.2) is 48.5 Å². The molecular formula is C19H13FN4O3S. The van der Waals surface area contributed by atoms with Gasteiger partial charge in [-0.2, -0.15) is 0 Å². The zero-order valence-corrected chi connectivity index (χ0v) is 15.2. The van der Waals surface area contributed by atoms with E-state index in [9.17, 15) is 18.8 Å². The van der Waals surface area contributed by atoms with E-state index in [4.69, 9.17) is 0 Å². The molecule has 3 amide bonds. The molecule has 9 heteroatoms. The van der Waals surface area contributed by atoms with Gasteiger partial charge in [0.1, 0.15) is 10.8 Å². The number of nitrogens with one attached hydrogen (secondary N) is 1. The number of carbonyl (C=O) groups excluding carboxylic acids is 3. The predicted molar refractivity (Wildman–Crippen MR) is 99.8 cm³/mol. The van der Waals surface area contributed by atoms with Gasteiger partial charge in [0.05, 0.1) is 11.1 Å². The Morgan fingerprint density at radius 1 is 1.00 bits per heavy atom. The SMILES string of the molecule is O=C(Nc1nnc(CCN2C(=O)c3ccccc3C2=O)s1)c1ccc(F)cc1. The Kier molecular flexibility index (Phi) is 4.66. The van der Waals surface area contributed by atoms with E-state index in [1.54, 1.807) is 24.3 Å². The van der Waals surface area contributed by atoms with Gasteiger partial charge in [0, 0.05) is 18.5 Å². The van der Waals surface area contributed by atoms with Crippen LogP contribution in [0, 0.1) is 5.82 Å². The maximum atomic E-state index is 12.9. The smallest absolute Gasteiger partial charge is 0.261 e. The Hall–Kier alpha value is -3.46. The van der Waals surface area contributed by atoms with E-state index in [1.165, 1.54) is 29.2 Å². The minimum atomic E-state index is -0.428. The van der Waals surface area contributed by atoms with Crippen LogP contribution in [0.25, 0.3) is 0 Å². The second-order valence-electron chi connectivity index (χ2n) is 6.02. The Labute approximate surface area is 162 Å². The lowest BCUT2D eigenvalue weighted by molar-refractivity contribution is 0.0655. The highest BCUT2D eigenvalue weighted by Gasteiger charge is 2.34. The first-order valence-corrected chi connectivity index (χ1v) is 9.19. The highest BCUT2D eigenvalue weighted by Crippen LogP contribution is 2.23. The predicted octanol–water partition coefficient (Wildman–Crippen LogP) is 2.77. The van der Waals surface area contributed by atoms with Crippen molar-refractivity contribution in [2.75, 3.05) is 11.9 Å². The third-order valence-corrected chi connectivity index (χ3v) is 5.12. The van der Waals surface area contributed by atoms with Crippen molar-refractivity contribution in [3.63, 3.8) is 0 Å². The molecule has 28 heavy (non-hydrogen) atoms. The number of rotatable bonds is 5. The zero-order chi connectivity index (χ0) is 19.7. The van der Waals surface area contributed by atoms with E-state index < -0.39 is 11.7 Å². The highest BCUT2D eigenvalue weighted by atomic mass is 32.1. The van der Waals surface area contributed by atoms with Gasteiger partial charge in [0.25, 0.3) is 17.7 Å². The fraction of sp³-hybridized carbons (Fsp3) is 0.105. The number of hydrogen-bond acceptors (Lipinski definition) is 6. The van der Waals surface area contributed by atoms with E-state index in [0.717, 1.165) is 11.3 Å². The summed E-state index contributed by atoms with van der Waals surface area (Å²) >= 11 is 1.15. The van der Waals surface area contributed by atoms with Crippen LogP contribution in [-0.2, 0) is 6.42 Å². The fourth-order valence-electron chi connectivity index (χ4n) is 2.83. The number of imide groups is 1. The quantitative estimate of drug-likeness (QED) is 0.670. The first-order valence-electron chi connectivity index (χ1n) is 8.37. The molecule has 0 unspecified atom stereocenters. The molecule has 140 valence electrons. The summed E-state index contributed by atoms with van der Waals surface area (Å²) in [5.41, 5.74) is 1.10. The normalized spacial score (nSPS) is 13.0. The second kappa shape index (κ2) is 7.28. The summed E-state index contributed by atoms with van der Waals surface area (Å²) in [6.07, 6.45) is 0.329. The molecule has 1 aromatic heterocycles. The van der Waals surface area contributed by atoms with Gasteiger partial charge in [-0.05, 0) is 36.4 Å². The van der Waals surface area contributed by atoms with Crippen LogP contribution in [0.2, 0.25) is 0 Å². The van der Waals surface area contributed by atoms with Gasteiger partial charge in [-0.25, -0.2) is 4.39 Å². The van der Waals surface area contributed by atoms with Crippen molar-refractivity contribution in [3.8, 4) is 0 Å². The minimum absolute atomic E-state index is 0.174. The van der Waals surface area contributed by atoms with Crippen molar-refractivity contribution in [3.05, 3.63) is 76.0 Å². The molecule has 1 N–H and O–H groups in total. The molecule has 1 aliphatic rings. The van der Waals surface area contributed by atoms with Crippen LogP contribution in [0.3, 0.4) is 0 Å². The van der Waals surface area contributed by atoms with Crippen molar-refractivity contribution < 1.29 is 18.8 Å². The van der Waals surface area contributed by atoms with E-state index in [0.29, 0.717) is 28.1 Å². The highest BCUT2D eigenvalue weighted by molar-refractivity contribution is 7.15. The number of benzene rings is 2. The van der Waals surface area contributed by atoms with Crippen molar-refractivity contribution in [2.45, 2.75) is 6.42 Å². The van der Waals surface area contributed by atoms with Gasteiger partial charge < -0.3 is 0 Å². The standard InChI is InChI=1S/C19H13FN4O3S/c20-12-7-5-11(6-8-12)16(25)21-19-23-22-15(28-19)9-10-24-17(26)13-3-1-2-4-14(13)18(24)27/h1-8H,9-10H2,(H,21,23,25). The summed E-state index contributed by atoms with van der Waals surface area (Å²) in [5, 5.41) is 11.3. The van der Waals surface area contributed by atoms with Gasteiger partial charge in [-0.1, -0.05) is 23.5 Å². The van der Waals surface area contributed by atoms with Gasteiger partial charge in [-0.3, -0.25) is 24.6 Å². The van der Waals surface area contributed by atoms with E-state index in [2.05, 4.69) is 15.5 Å². The van der Waals surface area contributed by atoms with Crippen molar-refractivity contribution in [1.82, 2.24) is 15.1 Å². The molecule has 0 saturated carbocycles. The molecule has 0 bridgehead atoms. The third kappa shape index (κ3) is 3.39. The minimum Gasteiger partial charge on any atom is -0.296 e. The number of fused-ring (bicyclic) bond motifs is 1. The number of hydrogen-bond donors (Lipinski definition) is 1. The molecule has 0 aliphatic carbocycles.